The van der Waals surface area contributed by atoms with Gasteiger partial charge in [-0.1, -0.05) is 134 Å². The Morgan fingerprint density at radius 3 is 1.71 bits per heavy atom. The van der Waals surface area contributed by atoms with E-state index >= 15 is 0 Å². The van der Waals surface area contributed by atoms with E-state index in [4.69, 9.17) is 0 Å². The summed E-state index contributed by atoms with van der Waals surface area (Å²) in [6.45, 7) is 23.1. The van der Waals surface area contributed by atoms with Crippen molar-refractivity contribution in [2.24, 2.45) is 0 Å². The number of anilines is 3. The van der Waals surface area contributed by atoms with Gasteiger partial charge in [-0.05, 0) is 130 Å². The van der Waals surface area contributed by atoms with Gasteiger partial charge in [0.25, 0.3) is 0 Å². The van der Waals surface area contributed by atoms with Crippen LogP contribution in [0.4, 0.5) is 17.1 Å². The standard InChI is InChI=1S/C53H52N2/c1-33-20-25-46(34(2)28-33)54(37-16-12-11-13-17-37)49-32-45-50(40-19-15-14-18-39(40)49)41-24-23-38(31-44(41)53(45,9)10)55-47-26-21-35(51(3,4)5)29-42(47)43-30-36(52(6,7)8)22-27-48(43)55/h11-32H,1-10H3. The lowest BCUT2D eigenvalue weighted by Gasteiger charge is -2.31. The van der Waals surface area contributed by atoms with Gasteiger partial charge in [0.1, 0.15) is 0 Å². The molecule has 7 aromatic carbocycles. The fourth-order valence-electron chi connectivity index (χ4n) is 9.15. The van der Waals surface area contributed by atoms with Crippen molar-refractivity contribution in [3.8, 4) is 16.8 Å². The highest BCUT2D eigenvalue weighted by Gasteiger charge is 2.38. The van der Waals surface area contributed by atoms with Crippen LogP contribution < -0.4 is 4.90 Å². The summed E-state index contributed by atoms with van der Waals surface area (Å²) in [4.78, 5) is 2.47. The van der Waals surface area contributed by atoms with Crippen LogP contribution in [-0.4, -0.2) is 4.57 Å². The number of para-hydroxylation sites is 1. The highest BCUT2D eigenvalue weighted by molar-refractivity contribution is 6.12. The fraction of sp³-hybridized carbons (Fsp3) is 0.245. The molecule has 2 heteroatoms. The van der Waals surface area contributed by atoms with Gasteiger partial charge in [0.2, 0.25) is 0 Å². The lowest BCUT2D eigenvalue weighted by atomic mass is 9.81. The van der Waals surface area contributed by atoms with Gasteiger partial charge < -0.3 is 9.47 Å². The van der Waals surface area contributed by atoms with Crippen molar-refractivity contribution in [1.82, 2.24) is 4.57 Å². The molecule has 8 aromatic rings. The van der Waals surface area contributed by atoms with Crippen molar-refractivity contribution >= 4 is 49.6 Å². The molecule has 0 radical (unpaired) electrons. The normalized spacial score (nSPS) is 13.8. The van der Waals surface area contributed by atoms with Crippen molar-refractivity contribution in [1.29, 1.82) is 0 Å². The van der Waals surface area contributed by atoms with E-state index in [1.807, 2.05) is 0 Å². The third-order valence-corrected chi connectivity index (χ3v) is 12.2. The Kier molecular flexibility index (Phi) is 7.79. The lowest BCUT2D eigenvalue weighted by molar-refractivity contribution is 0.590. The summed E-state index contributed by atoms with van der Waals surface area (Å²) in [5.74, 6) is 0. The van der Waals surface area contributed by atoms with Crippen LogP contribution in [0.15, 0.2) is 133 Å². The first kappa shape index (κ1) is 35.1. The smallest absolute Gasteiger partial charge is 0.0543 e. The van der Waals surface area contributed by atoms with Gasteiger partial charge in [0.05, 0.1) is 16.7 Å². The monoisotopic (exact) mass is 716 g/mol. The first-order valence-corrected chi connectivity index (χ1v) is 19.9. The minimum absolute atomic E-state index is 0.0590. The molecule has 1 aliphatic carbocycles. The molecule has 0 saturated heterocycles. The van der Waals surface area contributed by atoms with Crippen LogP contribution >= 0.6 is 0 Å². The zero-order chi connectivity index (χ0) is 38.6. The highest BCUT2D eigenvalue weighted by atomic mass is 15.1. The van der Waals surface area contributed by atoms with Gasteiger partial charge in [0, 0.05) is 38.6 Å². The predicted molar refractivity (Wildman–Crippen MR) is 237 cm³/mol. The average Bonchev–Trinajstić information content (AvgIpc) is 3.59. The van der Waals surface area contributed by atoms with Crippen LogP contribution in [0.25, 0.3) is 49.4 Å². The van der Waals surface area contributed by atoms with Crippen LogP contribution in [0, 0.1) is 13.8 Å². The van der Waals surface area contributed by atoms with Crippen LogP contribution in [0.1, 0.15) is 88.8 Å². The molecule has 2 nitrogen and oxygen atoms in total. The number of rotatable bonds is 4. The molecular weight excluding hydrogens is 665 g/mol. The van der Waals surface area contributed by atoms with E-state index in [2.05, 4.69) is 212 Å². The van der Waals surface area contributed by atoms with E-state index in [1.54, 1.807) is 0 Å². The molecule has 0 atom stereocenters. The first-order valence-electron chi connectivity index (χ1n) is 19.9. The maximum Gasteiger partial charge on any atom is 0.0543 e. The number of hydrogen-bond donors (Lipinski definition) is 0. The number of aryl methyl sites for hydroxylation is 2. The van der Waals surface area contributed by atoms with E-state index in [0.717, 1.165) is 5.69 Å². The molecule has 0 aliphatic heterocycles. The van der Waals surface area contributed by atoms with E-state index < -0.39 is 0 Å². The fourth-order valence-corrected chi connectivity index (χ4v) is 9.15. The molecule has 0 unspecified atom stereocenters. The maximum absolute atomic E-state index is 2.50. The van der Waals surface area contributed by atoms with Crippen molar-refractivity contribution in [3.63, 3.8) is 0 Å². The van der Waals surface area contributed by atoms with Crippen LogP contribution in [0.5, 0.6) is 0 Å². The summed E-state index contributed by atoms with van der Waals surface area (Å²) in [5, 5.41) is 5.19. The number of fused-ring (bicyclic) bond motifs is 8. The Morgan fingerprint density at radius 2 is 1.11 bits per heavy atom. The zero-order valence-electron chi connectivity index (χ0n) is 34.1. The Labute approximate surface area is 327 Å². The summed E-state index contributed by atoms with van der Waals surface area (Å²) >= 11 is 0. The summed E-state index contributed by atoms with van der Waals surface area (Å²) in [7, 11) is 0. The molecule has 0 N–H and O–H groups in total. The molecule has 1 aliphatic rings. The van der Waals surface area contributed by atoms with E-state index in [9.17, 15) is 0 Å². The molecule has 0 saturated carbocycles. The van der Waals surface area contributed by atoms with E-state index in [1.165, 1.54) is 94.1 Å². The first-order chi connectivity index (χ1) is 26.1. The molecule has 1 heterocycles. The summed E-state index contributed by atoms with van der Waals surface area (Å²) < 4.78 is 2.50. The summed E-state index contributed by atoms with van der Waals surface area (Å²) in [6, 6.07) is 50.7. The van der Waals surface area contributed by atoms with Gasteiger partial charge in [-0.25, -0.2) is 0 Å². The van der Waals surface area contributed by atoms with Gasteiger partial charge in [-0.3, -0.25) is 0 Å². The second-order valence-corrected chi connectivity index (χ2v) is 18.5. The molecule has 55 heavy (non-hydrogen) atoms. The zero-order valence-corrected chi connectivity index (χ0v) is 34.1. The Morgan fingerprint density at radius 1 is 0.509 bits per heavy atom. The maximum atomic E-state index is 2.50. The van der Waals surface area contributed by atoms with Gasteiger partial charge in [-0.15, -0.1) is 0 Å². The molecule has 1 aromatic heterocycles. The summed E-state index contributed by atoms with van der Waals surface area (Å²) in [6.07, 6.45) is 0. The molecule has 274 valence electrons. The molecule has 0 bridgehead atoms. The SMILES string of the molecule is Cc1ccc(N(c2ccccc2)c2cc3c(c4ccccc24)-c2ccc(-n4c5ccc(C(C)(C)C)cc5c5cc(C(C)(C)C)ccc54)cc2C3(C)C)c(C)c1. The molecular formula is C53H52N2. The van der Waals surface area contributed by atoms with Crippen molar-refractivity contribution < 1.29 is 0 Å². The Bertz CT molecular complexity index is 2750. The van der Waals surface area contributed by atoms with E-state index in [-0.39, 0.29) is 16.2 Å². The third kappa shape index (κ3) is 5.52. The Balaban J connectivity index is 1.28. The number of aromatic nitrogens is 1. The average molecular weight is 717 g/mol. The van der Waals surface area contributed by atoms with Crippen LogP contribution in [0.2, 0.25) is 0 Å². The quantitative estimate of drug-likeness (QED) is 0.176. The second-order valence-electron chi connectivity index (χ2n) is 18.5. The van der Waals surface area contributed by atoms with Gasteiger partial charge in [-0.2, -0.15) is 0 Å². The van der Waals surface area contributed by atoms with Crippen molar-refractivity contribution in [2.75, 3.05) is 4.90 Å². The largest absolute Gasteiger partial charge is 0.310 e. The van der Waals surface area contributed by atoms with Crippen LogP contribution in [-0.2, 0) is 16.2 Å². The molecule has 0 amide bonds. The minimum atomic E-state index is -0.234. The molecule has 9 rings (SSSR count). The second kappa shape index (κ2) is 12.2. The van der Waals surface area contributed by atoms with Gasteiger partial charge in [0.15, 0.2) is 0 Å². The summed E-state index contributed by atoms with van der Waals surface area (Å²) in [5.41, 5.74) is 17.8. The molecule has 0 spiro atoms. The minimum Gasteiger partial charge on any atom is -0.310 e. The van der Waals surface area contributed by atoms with Gasteiger partial charge >= 0.3 is 0 Å². The predicted octanol–water partition coefficient (Wildman–Crippen LogP) is 14.9. The highest BCUT2D eigenvalue weighted by Crippen LogP contribution is 2.55. The number of nitrogens with zero attached hydrogens (tertiary/aromatic N) is 2. The van der Waals surface area contributed by atoms with Crippen molar-refractivity contribution in [3.05, 3.63) is 167 Å². The lowest BCUT2D eigenvalue weighted by Crippen LogP contribution is -2.17. The third-order valence-electron chi connectivity index (χ3n) is 12.2. The molecule has 0 fully saturated rings. The number of hydrogen-bond acceptors (Lipinski definition) is 1. The number of benzene rings is 7. The topological polar surface area (TPSA) is 8.17 Å². The Hall–Kier alpha value is -5.60. The van der Waals surface area contributed by atoms with E-state index in [0.29, 0.717) is 0 Å². The van der Waals surface area contributed by atoms with Crippen molar-refractivity contribution in [2.45, 2.75) is 85.5 Å². The van der Waals surface area contributed by atoms with Crippen LogP contribution in [0.3, 0.4) is 0 Å².